The minimum absolute atomic E-state index is 0.201. The van der Waals surface area contributed by atoms with Gasteiger partial charge in [-0.15, -0.1) is 13.2 Å². The van der Waals surface area contributed by atoms with Crippen LogP contribution in [-0.4, -0.2) is 16.3 Å². The third kappa shape index (κ3) is 4.34. The van der Waals surface area contributed by atoms with E-state index in [1.807, 2.05) is 13.0 Å². The second kappa shape index (κ2) is 6.30. The van der Waals surface area contributed by atoms with Crippen molar-refractivity contribution in [2.45, 2.75) is 19.3 Å². The smallest absolute Gasteiger partial charge is 0.406 e. The molecule has 1 aromatic heterocycles. The van der Waals surface area contributed by atoms with Crippen molar-refractivity contribution in [3.05, 3.63) is 47.9 Å². The number of aromatic nitrogens is 2. The molecular formula is C14H11F3N4O. The van der Waals surface area contributed by atoms with Crippen molar-refractivity contribution in [3.63, 3.8) is 0 Å². The molecule has 0 aliphatic heterocycles. The molecule has 1 N–H and O–H groups in total. The predicted octanol–water partition coefficient (Wildman–Crippen LogP) is 3.42. The SMILES string of the molecule is C[C@H](Nc1cnc(C#N)cn1)c1ccc(OC(F)(F)F)cc1. The van der Waals surface area contributed by atoms with Gasteiger partial charge in [0.05, 0.1) is 12.4 Å². The average molecular weight is 308 g/mol. The van der Waals surface area contributed by atoms with Crippen LogP contribution in [-0.2, 0) is 0 Å². The van der Waals surface area contributed by atoms with Gasteiger partial charge in [0, 0.05) is 6.04 Å². The van der Waals surface area contributed by atoms with E-state index < -0.39 is 6.36 Å². The Kier molecular flexibility index (Phi) is 4.46. The Labute approximate surface area is 124 Å². The van der Waals surface area contributed by atoms with Crippen LogP contribution in [0.3, 0.4) is 0 Å². The Hall–Kier alpha value is -2.82. The molecule has 5 nitrogen and oxygen atoms in total. The van der Waals surface area contributed by atoms with Gasteiger partial charge in [-0.3, -0.25) is 0 Å². The van der Waals surface area contributed by atoms with Gasteiger partial charge >= 0.3 is 6.36 Å². The normalized spacial score (nSPS) is 12.3. The lowest BCUT2D eigenvalue weighted by Crippen LogP contribution is -2.17. The summed E-state index contributed by atoms with van der Waals surface area (Å²) in [7, 11) is 0. The van der Waals surface area contributed by atoms with Gasteiger partial charge < -0.3 is 10.1 Å². The molecule has 114 valence electrons. The Balaban J connectivity index is 2.03. The van der Waals surface area contributed by atoms with Gasteiger partial charge in [0.2, 0.25) is 0 Å². The van der Waals surface area contributed by atoms with E-state index in [-0.39, 0.29) is 17.5 Å². The maximum Gasteiger partial charge on any atom is 0.573 e. The number of hydrogen-bond donors (Lipinski definition) is 1. The van der Waals surface area contributed by atoms with Gasteiger partial charge in [0.1, 0.15) is 17.6 Å². The molecule has 2 aromatic rings. The highest BCUT2D eigenvalue weighted by Gasteiger charge is 2.31. The number of benzene rings is 1. The molecule has 0 radical (unpaired) electrons. The molecule has 0 unspecified atom stereocenters. The highest BCUT2D eigenvalue weighted by Crippen LogP contribution is 2.25. The van der Waals surface area contributed by atoms with Crippen LogP contribution in [0.15, 0.2) is 36.7 Å². The van der Waals surface area contributed by atoms with Gasteiger partial charge in [0.15, 0.2) is 5.69 Å². The largest absolute Gasteiger partial charge is 0.573 e. The van der Waals surface area contributed by atoms with Crippen molar-refractivity contribution in [2.24, 2.45) is 0 Å². The monoisotopic (exact) mass is 308 g/mol. The summed E-state index contributed by atoms with van der Waals surface area (Å²) in [6.45, 7) is 1.82. The van der Waals surface area contributed by atoms with Crippen LogP contribution in [0.25, 0.3) is 0 Å². The highest BCUT2D eigenvalue weighted by atomic mass is 19.4. The molecule has 0 bridgehead atoms. The van der Waals surface area contributed by atoms with Crippen molar-refractivity contribution in [1.82, 2.24) is 9.97 Å². The van der Waals surface area contributed by atoms with Crippen molar-refractivity contribution in [3.8, 4) is 11.8 Å². The van der Waals surface area contributed by atoms with Crippen LogP contribution in [0.4, 0.5) is 19.0 Å². The van der Waals surface area contributed by atoms with Gasteiger partial charge in [-0.25, -0.2) is 9.97 Å². The Morgan fingerprint density at radius 1 is 1.18 bits per heavy atom. The number of nitrogens with one attached hydrogen (secondary N) is 1. The molecular weight excluding hydrogens is 297 g/mol. The molecule has 0 spiro atoms. The maximum absolute atomic E-state index is 12.1. The zero-order valence-electron chi connectivity index (χ0n) is 11.4. The maximum atomic E-state index is 12.1. The zero-order chi connectivity index (χ0) is 16.2. The van der Waals surface area contributed by atoms with E-state index in [1.165, 1.54) is 36.7 Å². The second-order valence-electron chi connectivity index (χ2n) is 4.38. The molecule has 0 fully saturated rings. The zero-order valence-corrected chi connectivity index (χ0v) is 11.4. The lowest BCUT2D eigenvalue weighted by molar-refractivity contribution is -0.274. The molecule has 2 rings (SSSR count). The summed E-state index contributed by atoms with van der Waals surface area (Å²) in [5.74, 6) is 0.184. The fraction of sp³-hybridized carbons (Fsp3) is 0.214. The number of alkyl halides is 3. The molecule has 0 saturated heterocycles. The first-order valence-electron chi connectivity index (χ1n) is 6.22. The minimum Gasteiger partial charge on any atom is -0.406 e. The van der Waals surface area contributed by atoms with Gasteiger partial charge in [-0.1, -0.05) is 12.1 Å². The Morgan fingerprint density at radius 3 is 2.36 bits per heavy atom. The fourth-order valence-electron chi connectivity index (χ4n) is 1.72. The number of halogens is 3. The van der Waals surface area contributed by atoms with E-state index in [1.54, 1.807) is 0 Å². The Morgan fingerprint density at radius 2 is 1.86 bits per heavy atom. The number of anilines is 1. The predicted molar refractivity (Wildman–Crippen MR) is 71.9 cm³/mol. The quantitative estimate of drug-likeness (QED) is 0.937. The van der Waals surface area contributed by atoms with Crippen molar-refractivity contribution in [2.75, 3.05) is 5.32 Å². The van der Waals surface area contributed by atoms with Gasteiger partial charge in [-0.2, -0.15) is 5.26 Å². The van der Waals surface area contributed by atoms with E-state index in [2.05, 4.69) is 20.0 Å². The highest BCUT2D eigenvalue weighted by molar-refractivity contribution is 5.38. The van der Waals surface area contributed by atoms with Crippen molar-refractivity contribution in [1.29, 1.82) is 5.26 Å². The third-order valence-electron chi connectivity index (χ3n) is 2.74. The van der Waals surface area contributed by atoms with E-state index in [9.17, 15) is 13.2 Å². The first kappa shape index (κ1) is 15.6. The fourth-order valence-corrected chi connectivity index (χ4v) is 1.72. The summed E-state index contributed by atoms with van der Waals surface area (Å²) in [4.78, 5) is 7.88. The first-order valence-corrected chi connectivity index (χ1v) is 6.22. The van der Waals surface area contributed by atoms with Crippen LogP contribution in [0.5, 0.6) is 5.75 Å². The van der Waals surface area contributed by atoms with E-state index >= 15 is 0 Å². The first-order chi connectivity index (χ1) is 10.4. The van der Waals surface area contributed by atoms with Crippen LogP contribution < -0.4 is 10.1 Å². The van der Waals surface area contributed by atoms with E-state index in [0.717, 1.165) is 5.56 Å². The molecule has 0 amide bonds. The van der Waals surface area contributed by atoms with Gasteiger partial charge in [-0.05, 0) is 24.6 Å². The number of nitriles is 1. The molecule has 0 aliphatic rings. The lowest BCUT2D eigenvalue weighted by Gasteiger charge is -2.15. The van der Waals surface area contributed by atoms with Crippen LogP contribution in [0.2, 0.25) is 0 Å². The molecule has 0 aliphatic carbocycles. The average Bonchev–Trinajstić information content (AvgIpc) is 2.47. The summed E-state index contributed by atoms with van der Waals surface area (Å²) in [6.07, 6.45) is -1.96. The van der Waals surface area contributed by atoms with Crippen LogP contribution in [0, 0.1) is 11.3 Å². The number of ether oxygens (including phenoxy) is 1. The molecule has 22 heavy (non-hydrogen) atoms. The summed E-state index contributed by atoms with van der Waals surface area (Å²) >= 11 is 0. The molecule has 1 aromatic carbocycles. The summed E-state index contributed by atoms with van der Waals surface area (Å²) in [6, 6.07) is 7.18. The summed E-state index contributed by atoms with van der Waals surface area (Å²) in [5, 5.41) is 11.7. The summed E-state index contributed by atoms with van der Waals surface area (Å²) in [5.41, 5.74) is 0.951. The van der Waals surface area contributed by atoms with E-state index in [4.69, 9.17) is 5.26 Å². The molecule has 0 saturated carbocycles. The summed E-state index contributed by atoms with van der Waals surface area (Å²) < 4.78 is 40.0. The van der Waals surface area contributed by atoms with Gasteiger partial charge in [0.25, 0.3) is 0 Å². The second-order valence-corrected chi connectivity index (χ2v) is 4.38. The Bertz CT molecular complexity index is 662. The third-order valence-corrected chi connectivity index (χ3v) is 2.74. The number of rotatable bonds is 4. The van der Waals surface area contributed by atoms with Crippen molar-refractivity contribution < 1.29 is 17.9 Å². The number of hydrogen-bond acceptors (Lipinski definition) is 5. The molecule has 1 atom stereocenters. The van der Waals surface area contributed by atoms with E-state index in [0.29, 0.717) is 5.82 Å². The van der Waals surface area contributed by atoms with Crippen LogP contribution in [0.1, 0.15) is 24.2 Å². The van der Waals surface area contributed by atoms with Crippen molar-refractivity contribution >= 4 is 5.82 Å². The lowest BCUT2D eigenvalue weighted by atomic mass is 10.1. The van der Waals surface area contributed by atoms with Crippen LogP contribution >= 0.6 is 0 Å². The number of nitrogens with zero attached hydrogens (tertiary/aromatic N) is 3. The molecule has 1 heterocycles. The standard InChI is InChI=1S/C14H11F3N4O/c1-9(21-13-8-19-11(6-18)7-20-13)10-2-4-12(5-3-10)22-14(15,16)17/h2-5,7-9H,1H3,(H,20,21)/t9-/m0/s1. The molecule has 8 heteroatoms. The topological polar surface area (TPSA) is 70.8 Å². The minimum atomic E-state index is -4.70.